The van der Waals surface area contributed by atoms with Gasteiger partial charge in [-0.1, -0.05) is 0 Å². The van der Waals surface area contributed by atoms with Crippen LogP contribution in [0.1, 0.15) is 38.5 Å². The predicted octanol–water partition coefficient (Wildman–Crippen LogP) is 0.413. The summed E-state index contributed by atoms with van der Waals surface area (Å²) < 4.78 is 28.7. The molecule has 0 atom stereocenters. The zero-order chi connectivity index (χ0) is 14.8. The summed E-state index contributed by atoms with van der Waals surface area (Å²) in [5.41, 5.74) is -0.446. The summed E-state index contributed by atoms with van der Waals surface area (Å²) in [6.45, 7) is 0. The lowest BCUT2D eigenvalue weighted by molar-refractivity contribution is -0.141. The maximum atomic E-state index is 12.0. The molecule has 0 aliphatic heterocycles. The highest BCUT2D eigenvalue weighted by Gasteiger charge is 2.47. The van der Waals surface area contributed by atoms with Crippen LogP contribution in [0.15, 0.2) is 0 Å². The minimum Gasteiger partial charge on any atom is -0.469 e. The minimum atomic E-state index is -3.31. The first kappa shape index (κ1) is 15.3. The van der Waals surface area contributed by atoms with Gasteiger partial charge >= 0.3 is 5.97 Å². The Morgan fingerprint density at radius 3 is 2.45 bits per heavy atom. The minimum absolute atomic E-state index is 0.00708. The molecule has 0 aromatic rings. The maximum Gasteiger partial charge on any atom is 0.306 e. The number of amides is 1. The Morgan fingerprint density at radius 2 is 1.95 bits per heavy atom. The highest BCUT2D eigenvalue weighted by atomic mass is 32.2. The van der Waals surface area contributed by atoms with Crippen LogP contribution in [0.25, 0.3) is 0 Å². The summed E-state index contributed by atoms with van der Waals surface area (Å²) in [6, 6.07) is 0.249. The van der Waals surface area contributed by atoms with E-state index in [2.05, 4.69) is 10.1 Å². The van der Waals surface area contributed by atoms with Crippen LogP contribution in [0.3, 0.4) is 0 Å². The third kappa shape index (κ3) is 4.77. The second-order valence-corrected chi connectivity index (χ2v) is 8.12. The summed E-state index contributed by atoms with van der Waals surface area (Å²) in [4.78, 5) is 22.8. The lowest BCUT2D eigenvalue weighted by Crippen LogP contribution is -2.29. The van der Waals surface area contributed by atoms with Crippen LogP contribution in [0, 0.1) is 5.41 Å². The average Bonchev–Trinajstić information content (AvgIpc) is 3.26. The summed E-state index contributed by atoms with van der Waals surface area (Å²) in [5.74, 6) is -0.738. The van der Waals surface area contributed by atoms with Crippen molar-refractivity contribution in [3.8, 4) is 0 Å². The molecule has 114 valence electrons. The highest BCUT2D eigenvalue weighted by molar-refractivity contribution is 7.91. The molecule has 2 aliphatic carbocycles. The van der Waals surface area contributed by atoms with Crippen molar-refractivity contribution in [3.63, 3.8) is 0 Å². The average molecular weight is 303 g/mol. The molecular formula is C13H21NO5S. The SMILES string of the molecule is COC(=O)CC1(CS(=O)(=O)CCC(=O)NC2CC2)CC1. The van der Waals surface area contributed by atoms with Crippen molar-refractivity contribution < 1.29 is 22.7 Å². The maximum absolute atomic E-state index is 12.0. The van der Waals surface area contributed by atoms with Gasteiger partial charge in [0.05, 0.1) is 25.0 Å². The topological polar surface area (TPSA) is 89.5 Å². The first-order valence-electron chi connectivity index (χ1n) is 6.91. The van der Waals surface area contributed by atoms with Gasteiger partial charge in [-0.3, -0.25) is 9.59 Å². The van der Waals surface area contributed by atoms with Gasteiger partial charge in [0.1, 0.15) is 0 Å². The molecule has 0 radical (unpaired) electrons. The molecule has 1 N–H and O–H groups in total. The van der Waals surface area contributed by atoms with Crippen LogP contribution in [-0.4, -0.2) is 45.0 Å². The number of sulfone groups is 1. The summed E-state index contributed by atoms with van der Waals surface area (Å²) in [7, 11) is -2.01. The monoisotopic (exact) mass is 303 g/mol. The molecule has 2 fully saturated rings. The molecule has 0 heterocycles. The molecule has 2 aliphatic rings. The van der Waals surface area contributed by atoms with Crippen molar-refractivity contribution in [2.75, 3.05) is 18.6 Å². The van der Waals surface area contributed by atoms with E-state index in [0.29, 0.717) is 0 Å². The second-order valence-electron chi connectivity index (χ2n) is 5.94. The van der Waals surface area contributed by atoms with Gasteiger partial charge in [-0.15, -0.1) is 0 Å². The Balaban J connectivity index is 1.78. The molecule has 7 heteroatoms. The van der Waals surface area contributed by atoms with E-state index in [9.17, 15) is 18.0 Å². The number of carbonyl (C=O) groups excluding carboxylic acids is 2. The van der Waals surface area contributed by atoms with Gasteiger partial charge in [-0.25, -0.2) is 8.42 Å². The summed E-state index contributed by atoms with van der Waals surface area (Å²) >= 11 is 0. The Kier molecular flexibility index (Phi) is 4.36. The molecule has 0 aromatic carbocycles. The fourth-order valence-electron chi connectivity index (χ4n) is 2.24. The van der Waals surface area contributed by atoms with Gasteiger partial charge in [-0.2, -0.15) is 0 Å². The zero-order valence-electron chi connectivity index (χ0n) is 11.7. The molecule has 0 spiro atoms. The highest BCUT2D eigenvalue weighted by Crippen LogP contribution is 2.50. The van der Waals surface area contributed by atoms with Gasteiger partial charge in [0.2, 0.25) is 5.91 Å². The Bertz CT molecular complexity index is 491. The van der Waals surface area contributed by atoms with Crippen LogP contribution >= 0.6 is 0 Å². The van der Waals surface area contributed by atoms with Crippen molar-refractivity contribution in [1.82, 2.24) is 5.32 Å². The van der Waals surface area contributed by atoms with Crippen LogP contribution in [0.2, 0.25) is 0 Å². The largest absolute Gasteiger partial charge is 0.469 e. The number of ether oxygens (including phenoxy) is 1. The third-order valence-electron chi connectivity index (χ3n) is 3.81. The number of rotatable bonds is 8. The van der Waals surface area contributed by atoms with Gasteiger partial charge in [0.15, 0.2) is 9.84 Å². The quantitative estimate of drug-likeness (QED) is 0.656. The van der Waals surface area contributed by atoms with Crippen LogP contribution in [-0.2, 0) is 24.2 Å². The molecule has 0 bridgehead atoms. The standard InChI is InChI=1S/C13H21NO5S/c1-19-12(16)8-13(5-6-13)9-20(17,18)7-4-11(15)14-10-2-3-10/h10H,2-9H2,1H3,(H,14,15). The van der Waals surface area contributed by atoms with E-state index >= 15 is 0 Å². The van der Waals surface area contributed by atoms with Crippen LogP contribution < -0.4 is 5.32 Å². The van der Waals surface area contributed by atoms with E-state index in [1.807, 2.05) is 0 Å². The first-order valence-corrected chi connectivity index (χ1v) is 8.73. The molecule has 6 nitrogen and oxygen atoms in total. The number of esters is 1. The Labute approximate surface area is 119 Å². The van der Waals surface area contributed by atoms with Crippen LogP contribution in [0.5, 0.6) is 0 Å². The second kappa shape index (κ2) is 5.71. The summed E-state index contributed by atoms with van der Waals surface area (Å²) in [6.07, 6.45) is 3.59. The van der Waals surface area contributed by atoms with Crippen molar-refractivity contribution in [1.29, 1.82) is 0 Å². The number of methoxy groups -OCH3 is 1. The normalized spacial score (nSPS) is 20.2. The Hall–Kier alpha value is -1.11. The third-order valence-corrected chi connectivity index (χ3v) is 5.69. The number of carbonyl (C=O) groups is 2. The van der Waals surface area contributed by atoms with Gasteiger partial charge in [0, 0.05) is 12.5 Å². The van der Waals surface area contributed by atoms with Crippen molar-refractivity contribution in [2.45, 2.75) is 44.6 Å². The number of hydrogen-bond acceptors (Lipinski definition) is 5. The molecular weight excluding hydrogens is 282 g/mol. The smallest absolute Gasteiger partial charge is 0.306 e. The number of hydrogen-bond donors (Lipinski definition) is 1. The number of nitrogens with one attached hydrogen (secondary N) is 1. The lowest BCUT2D eigenvalue weighted by atomic mass is 10.1. The molecule has 1 amide bonds. The predicted molar refractivity (Wildman–Crippen MR) is 72.7 cm³/mol. The van der Waals surface area contributed by atoms with E-state index in [0.717, 1.165) is 25.7 Å². The zero-order valence-corrected chi connectivity index (χ0v) is 12.5. The van der Waals surface area contributed by atoms with Crippen LogP contribution in [0.4, 0.5) is 0 Å². The van der Waals surface area contributed by atoms with Gasteiger partial charge in [0.25, 0.3) is 0 Å². The van der Waals surface area contributed by atoms with Crippen molar-refractivity contribution >= 4 is 21.7 Å². The first-order chi connectivity index (χ1) is 9.34. The fraction of sp³-hybridized carbons (Fsp3) is 0.846. The van der Waals surface area contributed by atoms with E-state index in [1.54, 1.807) is 0 Å². The molecule has 0 unspecified atom stereocenters. The van der Waals surface area contributed by atoms with Gasteiger partial charge < -0.3 is 10.1 Å². The van der Waals surface area contributed by atoms with Crippen molar-refractivity contribution in [2.24, 2.45) is 5.41 Å². The van der Waals surface area contributed by atoms with E-state index < -0.39 is 15.3 Å². The Morgan fingerprint density at radius 1 is 1.30 bits per heavy atom. The molecule has 0 aromatic heterocycles. The fourth-order valence-corrected chi connectivity index (χ4v) is 4.21. The lowest BCUT2D eigenvalue weighted by Gasteiger charge is -2.13. The molecule has 0 saturated heterocycles. The molecule has 2 saturated carbocycles. The molecule has 20 heavy (non-hydrogen) atoms. The van der Waals surface area contributed by atoms with Crippen molar-refractivity contribution in [3.05, 3.63) is 0 Å². The van der Waals surface area contributed by atoms with E-state index in [-0.39, 0.29) is 42.3 Å². The van der Waals surface area contributed by atoms with Gasteiger partial charge in [-0.05, 0) is 31.1 Å². The van der Waals surface area contributed by atoms with E-state index in [1.165, 1.54) is 7.11 Å². The molecule has 2 rings (SSSR count). The summed E-state index contributed by atoms with van der Waals surface area (Å²) in [5, 5.41) is 2.77. The van der Waals surface area contributed by atoms with E-state index in [4.69, 9.17) is 0 Å².